The number of aryl methyl sites for hydroxylation is 1. The molecule has 0 aliphatic carbocycles. The summed E-state index contributed by atoms with van der Waals surface area (Å²) in [5, 5.41) is 11.7. The molecule has 2 aromatic rings. The van der Waals surface area contributed by atoms with E-state index in [2.05, 4.69) is 15.3 Å². The fraction of sp³-hybridized carbons (Fsp3) is 0.214. The van der Waals surface area contributed by atoms with Gasteiger partial charge in [0.25, 0.3) is 0 Å². The molecule has 5 nitrogen and oxygen atoms in total. The van der Waals surface area contributed by atoms with E-state index in [0.717, 1.165) is 11.6 Å². The van der Waals surface area contributed by atoms with Crippen LogP contribution in [-0.2, 0) is 0 Å². The summed E-state index contributed by atoms with van der Waals surface area (Å²) < 4.78 is 19.0. The summed E-state index contributed by atoms with van der Waals surface area (Å²) in [6, 6.07) is 5.81. The molecule has 0 saturated heterocycles. The predicted molar refractivity (Wildman–Crippen MR) is 72.1 cm³/mol. The fourth-order valence-electron chi connectivity index (χ4n) is 1.53. The second-order valence-corrected chi connectivity index (χ2v) is 4.07. The molecule has 0 radical (unpaired) electrons. The van der Waals surface area contributed by atoms with Crippen LogP contribution in [0.5, 0.6) is 11.6 Å². The third-order valence-electron chi connectivity index (χ3n) is 2.54. The van der Waals surface area contributed by atoms with Crippen LogP contribution in [0.1, 0.15) is 18.1 Å². The van der Waals surface area contributed by atoms with E-state index in [1.165, 1.54) is 12.1 Å². The highest BCUT2D eigenvalue weighted by Crippen LogP contribution is 2.24. The number of nitriles is 1. The van der Waals surface area contributed by atoms with Gasteiger partial charge in [-0.2, -0.15) is 10.2 Å². The molecule has 102 valence electrons. The Morgan fingerprint density at radius 3 is 2.90 bits per heavy atom. The molecule has 6 heteroatoms. The average Bonchev–Trinajstić information content (AvgIpc) is 2.43. The minimum atomic E-state index is -0.622. The van der Waals surface area contributed by atoms with Crippen molar-refractivity contribution in [3.05, 3.63) is 41.3 Å². The predicted octanol–water partition coefficient (Wildman–Crippen LogP) is 3.02. The van der Waals surface area contributed by atoms with E-state index < -0.39 is 5.82 Å². The second kappa shape index (κ2) is 5.97. The SMILES string of the molecule is CCNc1ncc(C)c(Oc2ccc(C#N)c(F)c2)n1. The first-order valence-corrected chi connectivity index (χ1v) is 6.09. The molecule has 0 unspecified atom stereocenters. The number of hydrogen-bond acceptors (Lipinski definition) is 5. The minimum absolute atomic E-state index is 0.0231. The summed E-state index contributed by atoms with van der Waals surface area (Å²) in [6.07, 6.45) is 1.63. The molecular formula is C14H13FN4O. The summed E-state index contributed by atoms with van der Waals surface area (Å²) in [6.45, 7) is 4.42. The highest BCUT2D eigenvalue weighted by molar-refractivity contribution is 5.40. The molecular weight excluding hydrogens is 259 g/mol. The Labute approximate surface area is 116 Å². The summed E-state index contributed by atoms with van der Waals surface area (Å²) in [5.74, 6) is 0.455. The number of rotatable bonds is 4. The molecule has 0 saturated carbocycles. The van der Waals surface area contributed by atoms with Crippen molar-refractivity contribution in [1.82, 2.24) is 9.97 Å². The Balaban J connectivity index is 2.27. The van der Waals surface area contributed by atoms with Crippen molar-refractivity contribution in [2.75, 3.05) is 11.9 Å². The van der Waals surface area contributed by atoms with Crippen molar-refractivity contribution in [3.63, 3.8) is 0 Å². The Morgan fingerprint density at radius 1 is 1.45 bits per heavy atom. The second-order valence-electron chi connectivity index (χ2n) is 4.07. The Bertz CT molecular complexity index is 667. The van der Waals surface area contributed by atoms with Crippen LogP contribution in [0.25, 0.3) is 0 Å². The van der Waals surface area contributed by atoms with Crippen molar-refractivity contribution in [2.24, 2.45) is 0 Å². The number of hydrogen-bond donors (Lipinski definition) is 1. The molecule has 1 heterocycles. The van der Waals surface area contributed by atoms with E-state index in [1.807, 2.05) is 6.92 Å². The maximum atomic E-state index is 13.5. The Morgan fingerprint density at radius 2 is 2.25 bits per heavy atom. The van der Waals surface area contributed by atoms with Crippen molar-refractivity contribution in [1.29, 1.82) is 5.26 Å². The number of nitrogens with zero attached hydrogens (tertiary/aromatic N) is 3. The number of halogens is 1. The number of nitrogens with one attached hydrogen (secondary N) is 1. The van der Waals surface area contributed by atoms with Gasteiger partial charge in [-0.25, -0.2) is 9.37 Å². The highest BCUT2D eigenvalue weighted by Gasteiger charge is 2.08. The van der Waals surface area contributed by atoms with Crippen molar-refractivity contribution in [2.45, 2.75) is 13.8 Å². The first kappa shape index (κ1) is 13.7. The monoisotopic (exact) mass is 272 g/mol. The molecule has 1 N–H and O–H groups in total. The van der Waals surface area contributed by atoms with Gasteiger partial charge in [-0.1, -0.05) is 0 Å². The lowest BCUT2D eigenvalue weighted by atomic mass is 10.2. The van der Waals surface area contributed by atoms with Crippen LogP contribution < -0.4 is 10.1 Å². The molecule has 0 fully saturated rings. The molecule has 20 heavy (non-hydrogen) atoms. The van der Waals surface area contributed by atoms with Crippen molar-refractivity contribution in [3.8, 4) is 17.7 Å². The van der Waals surface area contributed by atoms with Crippen LogP contribution in [0.4, 0.5) is 10.3 Å². The average molecular weight is 272 g/mol. The van der Waals surface area contributed by atoms with E-state index in [4.69, 9.17) is 10.00 Å². The summed E-state index contributed by atoms with van der Waals surface area (Å²) in [5.41, 5.74) is 0.710. The van der Waals surface area contributed by atoms with Crippen LogP contribution in [0.3, 0.4) is 0 Å². The van der Waals surface area contributed by atoms with Gasteiger partial charge in [0, 0.05) is 24.4 Å². The standard InChI is InChI=1S/C14H13FN4O/c1-3-17-14-18-8-9(2)13(19-14)20-11-5-4-10(7-16)12(15)6-11/h4-6,8H,3H2,1-2H3,(H,17,18,19). The summed E-state index contributed by atoms with van der Waals surface area (Å²) >= 11 is 0. The number of anilines is 1. The van der Waals surface area contributed by atoms with Crippen LogP contribution in [0, 0.1) is 24.1 Å². The van der Waals surface area contributed by atoms with Gasteiger partial charge in [-0.15, -0.1) is 0 Å². The zero-order valence-corrected chi connectivity index (χ0v) is 11.1. The topological polar surface area (TPSA) is 70.8 Å². The quantitative estimate of drug-likeness (QED) is 0.926. The molecule has 0 bridgehead atoms. The lowest BCUT2D eigenvalue weighted by Gasteiger charge is -2.09. The minimum Gasteiger partial charge on any atom is -0.438 e. The number of aromatic nitrogens is 2. The van der Waals surface area contributed by atoms with Gasteiger partial charge >= 0.3 is 0 Å². The van der Waals surface area contributed by atoms with Gasteiger partial charge in [0.15, 0.2) is 0 Å². The highest BCUT2D eigenvalue weighted by atomic mass is 19.1. The van der Waals surface area contributed by atoms with Gasteiger partial charge in [0.1, 0.15) is 17.6 Å². The maximum absolute atomic E-state index is 13.5. The Kier molecular flexibility index (Phi) is 4.11. The zero-order valence-electron chi connectivity index (χ0n) is 11.1. The smallest absolute Gasteiger partial charge is 0.226 e. The lowest BCUT2D eigenvalue weighted by molar-refractivity contribution is 0.453. The third-order valence-corrected chi connectivity index (χ3v) is 2.54. The molecule has 0 aliphatic rings. The number of ether oxygens (including phenoxy) is 1. The fourth-order valence-corrected chi connectivity index (χ4v) is 1.53. The number of benzene rings is 1. The van der Waals surface area contributed by atoms with Crippen LogP contribution >= 0.6 is 0 Å². The summed E-state index contributed by atoms with van der Waals surface area (Å²) in [4.78, 5) is 8.29. The van der Waals surface area contributed by atoms with Crippen molar-refractivity contribution < 1.29 is 9.13 Å². The first-order valence-electron chi connectivity index (χ1n) is 6.09. The molecule has 1 aromatic heterocycles. The summed E-state index contributed by atoms with van der Waals surface area (Å²) in [7, 11) is 0. The van der Waals surface area contributed by atoms with Gasteiger partial charge in [0.05, 0.1) is 5.56 Å². The van der Waals surface area contributed by atoms with E-state index in [-0.39, 0.29) is 11.3 Å². The lowest BCUT2D eigenvalue weighted by Crippen LogP contribution is -2.03. The zero-order chi connectivity index (χ0) is 14.5. The normalized spacial score (nSPS) is 9.90. The largest absolute Gasteiger partial charge is 0.438 e. The molecule has 0 amide bonds. The molecule has 0 atom stereocenters. The molecule has 1 aromatic carbocycles. The van der Waals surface area contributed by atoms with Crippen LogP contribution in [0.2, 0.25) is 0 Å². The first-order chi connectivity index (χ1) is 9.63. The molecule has 0 aliphatic heterocycles. The van der Waals surface area contributed by atoms with E-state index in [9.17, 15) is 4.39 Å². The van der Waals surface area contributed by atoms with Crippen LogP contribution in [0.15, 0.2) is 24.4 Å². The maximum Gasteiger partial charge on any atom is 0.226 e. The van der Waals surface area contributed by atoms with Gasteiger partial charge in [-0.05, 0) is 26.0 Å². The van der Waals surface area contributed by atoms with Gasteiger partial charge in [-0.3, -0.25) is 0 Å². The van der Waals surface area contributed by atoms with Gasteiger partial charge in [0.2, 0.25) is 11.8 Å². The van der Waals surface area contributed by atoms with E-state index in [0.29, 0.717) is 18.4 Å². The van der Waals surface area contributed by atoms with E-state index in [1.54, 1.807) is 19.2 Å². The third kappa shape index (κ3) is 3.01. The van der Waals surface area contributed by atoms with Crippen molar-refractivity contribution >= 4 is 5.95 Å². The molecule has 0 spiro atoms. The van der Waals surface area contributed by atoms with Crippen LogP contribution in [-0.4, -0.2) is 16.5 Å². The Hall–Kier alpha value is -2.68. The molecule has 2 rings (SSSR count). The van der Waals surface area contributed by atoms with E-state index >= 15 is 0 Å². The van der Waals surface area contributed by atoms with Gasteiger partial charge < -0.3 is 10.1 Å².